The van der Waals surface area contributed by atoms with Gasteiger partial charge < -0.3 is 15.4 Å². The van der Waals surface area contributed by atoms with Crippen molar-refractivity contribution in [3.05, 3.63) is 65.2 Å². The maximum absolute atomic E-state index is 12.3. The van der Waals surface area contributed by atoms with Crippen molar-refractivity contribution in [3.8, 4) is 0 Å². The number of rotatable bonds is 7. The summed E-state index contributed by atoms with van der Waals surface area (Å²) >= 11 is 0. The average Bonchev–Trinajstić information content (AvgIpc) is 2.61. The highest BCUT2D eigenvalue weighted by molar-refractivity contribution is 6.05. The molecular formula is C19H19F3N2O3. The van der Waals surface area contributed by atoms with E-state index in [0.717, 1.165) is 0 Å². The maximum atomic E-state index is 12.3. The first-order valence-corrected chi connectivity index (χ1v) is 8.21. The van der Waals surface area contributed by atoms with Crippen molar-refractivity contribution in [1.82, 2.24) is 5.32 Å². The highest BCUT2D eigenvalue weighted by Gasteiger charge is 2.27. The lowest BCUT2D eigenvalue weighted by molar-refractivity contribution is -0.176. The maximum Gasteiger partial charge on any atom is 0.411 e. The van der Waals surface area contributed by atoms with E-state index in [9.17, 15) is 22.8 Å². The standard InChI is InChI=1S/C19H19F3N2O3/c1-2-23-17(25)15-4-3-5-16(10-15)24-18(26)14-8-6-13(7-9-14)11-27-12-19(20,21)22/h3-10H,2,11-12H2,1H3,(H,23,25)(H,24,26). The normalized spacial score (nSPS) is 11.1. The fourth-order valence-electron chi connectivity index (χ4n) is 2.24. The molecule has 5 nitrogen and oxygen atoms in total. The lowest BCUT2D eigenvalue weighted by Crippen LogP contribution is -2.22. The molecule has 144 valence electrons. The van der Waals surface area contributed by atoms with Gasteiger partial charge in [0.15, 0.2) is 0 Å². The molecule has 0 bridgehead atoms. The number of benzene rings is 2. The number of alkyl halides is 3. The molecule has 2 rings (SSSR count). The summed E-state index contributed by atoms with van der Waals surface area (Å²) in [7, 11) is 0. The van der Waals surface area contributed by atoms with Crippen LogP contribution in [-0.2, 0) is 11.3 Å². The number of nitrogens with one attached hydrogen (secondary N) is 2. The van der Waals surface area contributed by atoms with E-state index in [-0.39, 0.29) is 12.5 Å². The smallest absolute Gasteiger partial charge is 0.367 e. The van der Waals surface area contributed by atoms with Gasteiger partial charge in [-0.1, -0.05) is 18.2 Å². The predicted octanol–water partition coefficient (Wildman–Crippen LogP) is 3.77. The second-order valence-corrected chi connectivity index (χ2v) is 5.70. The molecule has 2 amide bonds. The average molecular weight is 380 g/mol. The first-order chi connectivity index (χ1) is 12.8. The summed E-state index contributed by atoms with van der Waals surface area (Å²) in [6, 6.07) is 12.5. The van der Waals surface area contributed by atoms with Crippen LogP contribution in [0.25, 0.3) is 0 Å². The quantitative estimate of drug-likeness (QED) is 0.769. The van der Waals surface area contributed by atoms with E-state index in [1.54, 1.807) is 31.2 Å². The van der Waals surface area contributed by atoms with Gasteiger partial charge >= 0.3 is 6.18 Å². The summed E-state index contributed by atoms with van der Waals surface area (Å²) in [5.41, 5.74) is 1.74. The first kappa shape index (κ1) is 20.4. The topological polar surface area (TPSA) is 67.4 Å². The largest absolute Gasteiger partial charge is 0.411 e. The van der Waals surface area contributed by atoms with Crippen LogP contribution in [0.1, 0.15) is 33.2 Å². The molecule has 0 aliphatic rings. The third-order valence-corrected chi connectivity index (χ3v) is 3.47. The molecule has 0 saturated carbocycles. The van der Waals surface area contributed by atoms with Gasteiger partial charge in [0.05, 0.1) is 6.61 Å². The molecule has 0 radical (unpaired) electrons. The van der Waals surface area contributed by atoms with Gasteiger partial charge in [-0.25, -0.2) is 0 Å². The zero-order valence-corrected chi connectivity index (χ0v) is 14.6. The summed E-state index contributed by atoms with van der Waals surface area (Å²) in [5.74, 6) is -0.636. The van der Waals surface area contributed by atoms with Crippen molar-refractivity contribution in [1.29, 1.82) is 0 Å². The second kappa shape index (κ2) is 9.18. The number of carbonyl (C=O) groups excluding carboxylic acids is 2. The number of hydrogen-bond acceptors (Lipinski definition) is 3. The Morgan fingerprint density at radius 3 is 2.33 bits per heavy atom. The fourth-order valence-corrected chi connectivity index (χ4v) is 2.24. The summed E-state index contributed by atoms with van der Waals surface area (Å²) in [6.45, 7) is 0.781. The Morgan fingerprint density at radius 2 is 1.70 bits per heavy atom. The van der Waals surface area contributed by atoms with Gasteiger partial charge in [0.25, 0.3) is 11.8 Å². The van der Waals surface area contributed by atoms with Gasteiger partial charge in [0.1, 0.15) is 6.61 Å². The van der Waals surface area contributed by atoms with Gasteiger partial charge in [-0.2, -0.15) is 13.2 Å². The highest BCUT2D eigenvalue weighted by Crippen LogP contribution is 2.16. The van der Waals surface area contributed by atoms with Crippen molar-refractivity contribution in [2.45, 2.75) is 19.7 Å². The van der Waals surface area contributed by atoms with E-state index in [1.165, 1.54) is 24.3 Å². The Balaban J connectivity index is 1.96. The van der Waals surface area contributed by atoms with E-state index in [1.807, 2.05) is 0 Å². The number of amides is 2. The van der Waals surface area contributed by atoms with Crippen LogP contribution in [0, 0.1) is 0 Å². The van der Waals surface area contributed by atoms with Crippen molar-refractivity contribution in [2.75, 3.05) is 18.5 Å². The van der Waals surface area contributed by atoms with Crippen LogP contribution in [0.3, 0.4) is 0 Å². The Hall–Kier alpha value is -2.87. The summed E-state index contributed by atoms with van der Waals surface area (Å²) in [5, 5.41) is 5.35. The number of halogens is 3. The van der Waals surface area contributed by atoms with Crippen molar-refractivity contribution < 1.29 is 27.5 Å². The number of hydrogen-bond donors (Lipinski definition) is 2. The number of ether oxygens (including phenoxy) is 1. The molecule has 0 saturated heterocycles. The molecule has 0 atom stereocenters. The molecule has 2 N–H and O–H groups in total. The monoisotopic (exact) mass is 380 g/mol. The van der Waals surface area contributed by atoms with Crippen LogP contribution in [-0.4, -0.2) is 31.1 Å². The Morgan fingerprint density at radius 1 is 1.00 bits per heavy atom. The number of carbonyl (C=O) groups is 2. The molecule has 0 fully saturated rings. The summed E-state index contributed by atoms with van der Waals surface area (Å²) < 4.78 is 40.7. The lowest BCUT2D eigenvalue weighted by atomic mass is 10.1. The minimum atomic E-state index is -4.37. The van der Waals surface area contributed by atoms with E-state index in [4.69, 9.17) is 0 Å². The molecule has 0 aromatic heterocycles. The van der Waals surface area contributed by atoms with Crippen molar-refractivity contribution in [3.63, 3.8) is 0 Å². The SMILES string of the molecule is CCNC(=O)c1cccc(NC(=O)c2ccc(COCC(F)(F)F)cc2)c1. The highest BCUT2D eigenvalue weighted by atomic mass is 19.4. The van der Waals surface area contributed by atoms with Crippen molar-refractivity contribution in [2.24, 2.45) is 0 Å². The Kier molecular flexibility index (Phi) is 6.95. The molecule has 0 spiro atoms. The van der Waals surface area contributed by atoms with Crippen molar-refractivity contribution >= 4 is 17.5 Å². The Labute approximate surface area is 154 Å². The van der Waals surface area contributed by atoms with E-state index in [0.29, 0.717) is 28.9 Å². The van der Waals surface area contributed by atoms with Gasteiger partial charge in [-0.05, 0) is 42.8 Å². The van der Waals surface area contributed by atoms with Gasteiger partial charge in [-0.3, -0.25) is 9.59 Å². The molecule has 2 aromatic carbocycles. The minimum Gasteiger partial charge on any atom is -0.367 e. The van der Waals surface area contributed by atoms with Gasteiger partial charge in [-0.15, -0.1) is 0 Å². The Bertz CT molecular complexity index is 790. The third kappa shape index (κ3) is 6.74. The van der Waals surface area contributed by atoms with Gasteiger partial charge in [0.2, 0.25) is 0 Å². The molecule has 8 heteroatoms. The molecular weight excluding hydrogens is 361 g/mol. The van der Waals surface area contributed by atoms with Crippen LogP contribution < -0.4 is 10.6 Å². The lowest BCUT2D eigenvalue weighted by Gasteiger charge is -2.09. The zero-order valence-electron chi connectivity index (χ0n) is 14.6. The molecule has 0 heterocycles. The minimum absolute atomic E-state index is 0.198. The predicted molar refractivity (Wildman–Crippen MR) is 94.6 cm³/mol. The fraction of sp³-hybridized carbons (Fsp3) is 0.263. The van der Waals surface area contributed by atoms with Crippen LogP contribution in [0.5, 0.6) is 0 Å². The van der Waals surface area contributed by atoms with E-state index in [2.05, 4.69) is 15.4 Å². The van der Waals surface area contributed by atoms with Crippen LogP contribution in [0.2, 0.25) is 0 Å². The molecule has 0 aliphatic heterocycles. The first-order valence-electron chi connectivity index (χ1n) is 8.21. The van der Waals surface area contributed by atoms with E-state index < -0.39 is 18.7 Å². The zero-order chi connectivity index (χ0) is 19.9. The summed E-state index contributed by atoms with van der Waals surface area (Å²) in [6.07, 6.45) is -4.37. The molecule has 0 unspecified atom stereocenters. The van der Waals surface area contributed by atoms with Crippen LogP contribution in [0.4, 0.5) is 18.9 Å². The molecule has 27 heavy (non-hydrogen) atoms. The second-order valence-electron chi connectivity index (χ2n) is 5.70. The van der Waals surface area contributed by atoms with Gasteiger partial charge in [0, 0.05) is 23.4 Å². The van der Waals surface area contributed by atoms with Crippen LogP contribution >= 0.6 is 0 Å². The third-order valence-electron chi connectivity index (χ3n) is 3.47. The summed E-state index contributed by atoms with van der Waals surface area (Å²) in [4.78, 5) is 24.1. The van der Waals surface area contributed by atoms with E-state index >= 15 is 0 Å². The molecule has 2 aromatic rings. The molecule has 0 aliphatic carbocycles. The number of anilines is 1. The van der Waals surface area contributed by atoms with Crippen LogP contribution in [0.15, 0.2) is 48.5 Å².